The van der Waals surface area contributed by atoms with Gasteiger partial charge in [0, 0.05) is 12.5 Å². The smallest absolute Gasteiger partial charge is 0.0792 e. The number of ether oxygens (including phenoxy) is 2. The molecule has 1 unspecified atom stereocenters. The van der Waals surface area contributed by atoms with Crippen molar-refractivity contribution in [3.05, 3.63) is 23.3 Å². The molecule has 1 fully saturated rings. The zero-order valence-corrected chi connectivity index (χ0v) is 8.95. The van der Waals surface area contributed by atoms with Crippen molar-refractivity contribution in [2.75, 3.05) is 19.8 Å². The summed E-state index contributed by atoms with van der Waals surface area (Å²) in [7, 11) is 0. The lowest BCUT2D eigenvalue weighted by atomic mass is 9.98. The fraction of sp³-hybridized carbons (Fsp3) is 0.667. The Labute approximate surface area is 85.6 Å². The molecule has 2 atom stereocenters. The van der Waals surface area contributed by atoms with Crippen molar-refractivity contribution in [1.82, 2.24) is 0 Å². The van der Waals surface area contributed by atoms with Gasteiger partial charge in [0.15, 0.2) is 0 Å². The van der Waals surface area contributed by atoms with Crippen molar-refractivity contribution >= 4 is 0 Å². The Balaban J connectivity index is 2.14. The minimum absolute atomic E-state index is 0.276. The van der Waals surface area contributed by atoms with Crippen LogP contribution in [-0.2, 0) is 9.47 Å². The van der Waals surface area contributed by atoms with Crippen molar-refractivity contribution in [1.29, 1.82) is 0 Å². The summed E-state index contributed by atoms with van der Waals surface area (Å²) in [5.74, 6) is 0.514. The maximum Gasteiger partial charge on any atom is 0.0792 e. The predicted molar refractivity (Wildman–Crippen MR) is 56.2 cm³/mol. The Bertz CT molecular complexity index is 265. The van der Waals surface area contributed by atoms with E-state index in [1.807, 2.05) is 6.92 Å². The zero-order valence-electron chi connectivity index (χ0n) is 8.95. The van der Waals surface area contributed by atoms with Crippen molar-refractivity contribution in [3.63, 3.8) is 0 Å². The van der Waals surface area contributed by atoms with E-state index < -0.39 is 0 Å². The zero-order chi connectivity index (χ0) is 9.97. The second kappa shape index (κ2) is 4.28. The average molecular weight is 194 g/mol. The first-order valence-electron chi connectivity index (χ1n) is 5.37. The van der Waals surface area contributed by atoms with E-state index in [2.05, 4.69) is 19.1 Å². The van der Waals surface area contributed by atoms with E-state index >= 15 is 0 Å². The fourth-order valence-electron chi connectivity index (χ4n) is 2.20. The molecule has 1 heterocycles. The van der Waals surface area contributed by atoms with E-state index in [1.165, 1.54) is 11.1 Å². The summed E-state index contributed by atoms with van der Waals surface area (Å²) in [6.45, 7) is 6.71. The summed E-state index contributed by atoms with van der Waals surface area (Å²) in [4.78, 5) is 0. The molecular formula is C12H18O2. The minimum atomic E-state index is 0.276. The largest absolute Gasteiger partial charge is 0.376 e. The highest BCUT2D eigenvalue weighted by atomic mass is 16.5. The van der Waals surface area contributed by atoms with E-state index in [0.29, 0.717) is 5.92 Å². The molecule has 0 N–H and O–H groups in total. The van der Waals surface area contributed by atoms with Gasteiger partial charge >= 0.3 is 0 Å². The molecule has 1 aliphatic heterocycles. The van der Waals surface area contributed by atoms with E-state index in [0.717, 1.165) is 26.2 Å². The van der Waals surface area contributed by atoms with Gasteiger partial charge < -0.3 is 9.47 Å². The van der Waals surface area contributed by atoms with Crippen molar-refractivity contribution in [2.45, 2.75) is 26.4 Å². The third-order valence-corrected chi connectivity index (χ3v) is 3.00. The SMILES string of the molecule is CCOC1C=C[C@@H]2COCC2=C(C)C1. The van der Waals surface area contributed by atoms with Crippen molar-refractivity contribution in [2.24, 2.45) is 5.92 Å². The highest BCUT2D eigenvalue weighted by molar-refractivity contribution is 5.27. The first-order chi connectivity index (χ1) is 6.81. The lowest BCUT2D eigenvalue weighted by Gasteiger charge is -2.12. The topological polar surface area (TPSA) is 18.5 Å². The van der Waals surface area contributed by atoms with Crippen LogP contribution in [0.5, 0.6) is 0 Å². The third kappa shape index (κ3) is 1.91. The Morgan fingerprint density at radius 2 is 2.36 bits per heavy atom. The fourth-order valence-corrected chi connectivity index (χ4v) is 2.20. The molecule has 0 spiro atoms. The number of hydrogen-bond acceptors (Lipinski definition) is 2. The highest BCUT2D eigenvalue weighted by Crippen LogP contribution is 2.30. The molecule has 2 nitrogen and oxygen atoms in total. The molecule has 0 saturated carbocycles. The second-order valence-electron chi connectivity index (χ2n) is 4.01. The van der Waals surface area contributed by atoms with Crippen molar-refractivity contribution in [3.8, 4) is 0 Å². The first-order valence-corrected chi connectivity index (χ1v) is 5.37. The third-order valence-electron chi connectivity index (χ3n) is 3.00. The summed E-state index contributed by atoms with van der Waals surface area (Å²) in [5.41, 5.74) is 2.93. The number of hydrogen-bond donors (Lipinski definition) is 0. The van der Waals surface area contributed by atoms with Crippen LogP contribution in [0.2, 0.25) is 0 Å². The summed E-state index contributed by atoms with van der Waals surface area (Å²) < 4.78 is 11.1. The molecule has 0 aromatic carbocycles. The van der Waals surface area contributed by atoms with E-state index in [-0.39, 0.29) is 6.10 Å². The maximum atomic E-state index is 5.64. The molecular weight excluding hydrogens is 176 g/mol. The molecule has 0 radical (unpaired) electrons. The van der Waals surface area contributed by atoms with Crippen LogP contribution in [0.4, 0.5) is 0 Å². The molecule has 2 heteroatoms. The number of fused-ring (bicyclic) bond motifs is 1. The van der Waals surface area contributed by atoms with Gasteiger partial charge in [-0.15, -0.1) is 0 Å². The van der Waals surface area contributed by atoms with Crippen LogP contribution >= 0.6 is 0 Å². The molecule has 1 saturated heterocycles. The van der Waals surface area contributed by atoms with Crippen LogP contribution in [-0.4, -0.2) is 25.9 Å². The molecule has 14 heavy (non-hydrogen) atoms. The summed E-state index contributed by atoms with van der Waals surface area (Å²) in [6, 6.07) is 0. The summed E-state index contributed by atoms with van der Waals surface area (Å²) in [5, 5.41) is 0. The van der Waals surface area contributed by atoms with Gasteiger partial charge in [-0.2, -0.15) is 0 Å². The van der Waals surface area contributed by atoms with Crippen LogP contribution in [0.3, 0.4) is 0 Å². The molecule has 1 aliphatic carbocycles. The van der Waals surface area contributed by atoms with E-state index in [4.69, 9.17) is 9.47 Å². The van der Waals surface area contributed by atoms with Gasteiger partial charge in [-0.25, -0.2) is 0 Å². The monoisotopic (exact) mass is 194 g/mol. The minimum Gasteiger partial charge on any atom is -0.376 e. The maximum absolute atomic E-state index is 5.64. The van der Waals surface area contributed by atoms with Crippen molar-refractivity contribution < 1.29 is 9.47 Å². The quantitative estimate of drug-likeness (QED) is 0.628. The molecule has 2 rings (SSSR count). The van der Waals surface area contributed by atoms with Gasteiger partial charge in [-0.3, -0.25) is 0 Å². The Kier molecular flexibility index (Phi) is 3.04. The van der Waals surface area contributed by atoms with Crippen LogP contribution in [0, 0.1) is 5.92 Å². The van der Waals surface area contributed by atoms with Crippen LogP contribution < -0.4 is 0 Å². The van der Waals surface area contributed by atoms with Gasteiger partial charge in [0.1, 0.15) is 0 Å². The second-order valence-corrected chi connectivity index (χ2v) is 4.01. The molecule has 0 aromatic rings. The standard InChI is InChI=1S/C12H18O2/c1-3-14-11-5-4-10-7-13-8-12(10)9(2)6-11/h4-5,10-11H,3,6-8H2,1-2H3/t10-,11?/m1/s1. The average Bonchev–Trinajstić information content (AvgIpc) is 2.57. The summed E-state index contributed by atoms with van der Waals surface area (Å²) >= 11 is 0. The number of rotatable bonds is 2. The lowest BCUT2D eigenvalue weighted by molar-refractivity contribution is 0.0964. The van der Waals surface area contributed by atoms with Gasteiger partial charge in [-0.1, -0.05) is 17.7 Å². The van der Waals surface area contributed by atoms with Gasteiger partial charge in [0.05, 0.1) is 19.3 Å². The van der Waals surface area contributed by atoms with Crippen LogP contribution in [0.15, 0.2) is 23.3 Å². The molecule has 0 amide bonds. The normalized spacial score (nSPS) is 31.9. The van der Waals surface area contributed by atoms with Gasteiger partial charge in [0.25, 0.3) is 0 Å². The Morgan fingerprint density at radius 1 is 1.50 bits per heavy atom. The van der Waals surface area contributed by atoms with Gasteiger partial charge in [0.2, 0.25) is 0 Å². The molecule has 2 aliphatic rings. The Hall–Kier alpha value is -0.600. The summed E-state index contributed by atoms with van der Waals surface area (Å²) in [6.07, 6.45) is 5.75. The first kappa shape index (κ1) is 9.94. The van der Waals surface area contributed by atoms with E-state index in [1.54, 1.807) is 0 Å². The molecule has 0 aromatic heterocycles. The highest BCUT2D eigenvalue weighted by Gasteiger charge is 2.24. The van der Waals surface area contributed by atoms with Crippen LogP contribution in [0.25, 0.3) is 0 Å². The lowest BCUT2D eigenvalue weighted by Crippen LogP contribution is -2.09. The van der Waals surface area contributed by atoms with Crippen LogP contribution in [0.1, 0.15) is 20.3 Å². The van der Waals surface area contributed by atoms with Gasteiger partial charge in [-0.05, 0) is 25.8 Å². The Morgan fingerprint density at radius 3 is 3.14 bits per heavy atom. The predicted octanol–water partition coefficient (Wildman–Crippen LogP) is 2.31. The molecule has 78 valence electrons. The van der Waals surface area contributed by atoms with E-state index in [9.17, 15) is 0 Å². The molecule has 0 bridgehead atoms.